The minimum Gasteiger partial charge on any atom is -0.493 e. The van der Waals surface area contributed by atoms with Gasteiger partial charge in [0.15, 0.2) is 29.0 Å². The van der Waals surface area contributed by atoms with Gasteiger partial charge < -0.3 is 29.6 Å². The summed E-state index contributed by atoms with van der Waals surface area (Å²) in [6.45, 7) is 8.40. The van der Waals surface area contributed by atoms with Gasteiger partial charge in [-0.15, -0.1) is 24.0 Å². The van der Waals surface area contributed by atoms with Crippen LogP contribution in [0.4, 0.5) is 0 Å². The third-order valence-corrected chi connectivity index (χ3v) is 5.07. The number of benzene rings is 2. The molecule has 0 saturated carbocycles. The van der Waals surface area contributed by atoms with Crippen LogP contribution in [-0.4, -0.2) is 47.5 Å². The average Bonchev–Trinajstić information content (AvgIpc) is 2.80. The molecule has 178 valence electrons. The lowest BCUT2D eigenvalue weighted by molar-refractivity contribution is 0.353. The number of hydrogen-bond donors (Lipinski definition) is 2. The van der Waals surface area contributed by atoms with Crippen molar-refractivity contribution in [2.45, 2.75) is 32.7 Å². The Morgan fingerprint density at radius 1 is 0.812 bits per heavy atom. The van der Waals surface area contributed by atoms with E-state index in [1.54, 1.807) is 28.4 Å². The Kier molecular flexibility index (Phi) is 11.5. The summed E-state index contributed by atoms with van der Waals surface area (Å²) >= 11 is 0. The highest BCUT2D eigenvalue weighted by atomic mass is 127. The van der Waals surface area contributed by atoms with Crippen LogP contribution in [0.1, 0.15) is 31.9 Å². The van der Waals surface area contributed by atoms with Crippen molar-refractivity contribution >= 4 is 29.9 Å². The number of guanidine groups is 1. The lowest BCUT2D eigenvalue weighted by Gasteiger charge is -2.27. The molecule has 0 aromatic heterocycles. The summed E-state index contributed by atoms with van der Waals surface area (Å²) in [7, 11) is 6.55. The van der Waals surface area contributed by atoms with Gasteiger partial charge in [-0.3, -0.25) is 0 Å². The minimum atomic E-state index is -0.154. The molecule has 0 aliphatic heterocycles. The third-order valence-electron chi connectivity index (χ3n) is 5.07. The number of aliphatic imine (C=N–C) groups is 1. The second-order valence-corrected chi connectivity index (χ2v) is 7.69. The van der Waals surface area contributed by atoms with Crippen molar-refractivity contribution in [3.8, 4) is 23.0 Å². The number of nitrogens with zero attached hydrogens (tertiary/aromatic N) is 1. The van der Waals surface area contributed by atoms with Crippen LogP contribution >= 0.6 is 24.0 Å². The van der Waals surface area contributed by atoms with Crippen LogP contribution in [0.5, 0.6) is 23.0 Å². The first-order chi connectivity index (χ1) is 14.9. The fraction of sp³-hybridized carbons (Fsp3) is 0.458. The van der Waals surface area contributed by atoms with Crippen LogP contribution in [0.25, 0.3) is 0 Å². The Bertz CT molecular complexity index is 888. The molecule has 0 amide bonds. The molecule has 2 aromatic rings. The second-order valence-electron chi connectivity index (χ2n) is 7.69. The summed E-state index contributed by atoms with van der Waals surface area (Å²) in [4.78, 5) is 4.73. The summed E-state index contributed by atoms with van der Waals surface area (Å²) in [5, 5.41) is 6.76. The van der Waals surface area contributed by atoms with Gasteiger partial charge in [-0.1, -0.05) is 26.0 Å². The number of halogens is 1. The van der Waals surface area contributed by atoms with E-state index in [0.717, 1.165) is 35.1 Å². The van der Waals surface area contributed by atoms with Gasteiger partial charge >= 0.3 is 0 Å². The summed E-state index contributed by atoms with van der Waals surface area (Å²) in [5.41, 5.74) is 2.03. The fourth-order valence-corrected chi connectivity index (χ4v) is 3.16. The summed E-state index contributed by atoms with van der Waals surface area (Å²) in [6.07, 6.45) is 0. The largest absolute Gasteiger partial charge is 0.493 e. The van der Waals surface area contributed by atoms with Crippen LogP contribution in [0, 0.1) is 0 Å². The molecule has 8 heteroatoms. The molecule has 2 aromatic carbocycles. The van der Waals surface area contributed by atoms with Crippen LogP contribution in [0.3, 0.4) is 0 Å². The van der Waals surface area contributed by atoms with Crippen LogP contribution < -0.4 is 29.6 Å². The normalized spacial score (nSPS) is 11.3. The number of methoxy groups -OCH3 is 4. The maximum atomic E-state index is 5.46. The number of hydrogen-bond acceptors (Lipinski definition) is 5. The van der Waals surface area contributed by atoms with E-state index >= 15 is 0 Å². The van der Waals surface area contributed by atoms with Gasteiger partial charge in [-0.2, -0.15) is 0 Å². The smallest absolute Gasteiger partial charge is 0.191 e. The Morgan fingerprint density at radius 3 is 1.94 bits per heavy atom. The number of rotatable bonds is 10. The molecule has 0 radical (unpaired) electrons. The zero-order valence-electron chi connectivity index (χ0n) is 20.1. The first-order valence-corrected chi connectivity index (χ1v) is 10.3. The fourth-order valence-electron chi connectivity index (χ4n) is 3.16. The van der Waals surface area contributed by atoms with Gasteiger partial charge in [0.1, 0.15) is 0 Å². The third kappa shape index (κ3) is 7.36. The van der Waals surface area contributed by atoms with Crippen molar-refractivity contribution in [2.24, 2.45) is 4.99 Å². The van der Waals surface area contributed by atoms with E-state index in [4.69, 9.17) is 23.9 Å². The predicted octanol–water partition coefficient (Wildman–Crippen LogP) is 4.37. The van der Waals surface area contributed by atoms with Gasteiger partial charge in [0.2, 0.25) is 0 Å². The first kappa shape index (κ1) is 27.7. The Balaban J connectivity index is 0.00000512. The maximum Gasteiger partial charge on any atom is 0.191 e. The SMILES string of the molecule is CCNC(=NCc1ccc(OC)c(OC)c1)NCC(C)(C)c1ccc(OC)c(OC)c1.I. The maximum absolute atomic E-state index is 5.46. The van der Waals surface area contributed by atoms with Gasteiger partial charge in [0.25, 0.3) is 0 Å². The Labute approximate surface area is 208 Å². The van der Waals surface area contributed by atoms with E-state index in [9.17, 15) is 0 Å². The van der Waals surface area contributed by atoms with Crippen molar-refractivity contribution < 1.29 is 18.9 Å². The second kappa shape index (κ2) is 13.2. The van der Waals surface area contributed by atoms with E-state index in [2.05, 4.69) is 30.5 Å². The van der Waals surface area contributed by atoms with Crippen molar-refractivity contribution in [3.05, 3.63) is 47.5 Å². The highest BCUT2D eigenvalue weighted by molar-refractivity contribution is 14.0. The van der Waals surface area contributed by atoms with Crippen molar-refractivity contribution in [3.63, 3.8) is 0 Å². The molecule has 0 fully saturated rings. The van der Waals surface area contributed by atoms with Crippen LogP contribution in [0.15, 0.2) is 41.4 Å². The first-order valence-electron chi connectivity index (χ1n) is 10.3. The van der Waals surface area contributed by atoms with Crippen molar-refractivity contribution in [1.29, 1.82) is 0 Å². The predicted molar refractivity (Wildman–Crippen MR) is 140 cm³/mol. The van der Waals surface area contributed by atoms with Gasteiger partial charge in [-0.25, -0.2) is 4.99 Å². The molecule has 7 nitrogen and oxygen atoms in total. The van der Waals surface area contributed by atoms with Gasteiger partial charge in [0.05, 0.1) is 35.0 Å². The average molecular weight is 557 g/mol. The molecule has 0 unspecified atom stereocenters. The summed E-state index contributed by atoms with van der Waals surface area (Å²) < 4.78 is 21.5. The van der Waals surface area contributed by atoms with Crippen molar-refractivity contribution in [1.82, 2.24) is 10.6 Å². The standard InChI is InChI=1S/C24H35N3O4.HI/c1-8-25-23(26-15-17-9-11-19(28-4)21(13-17)30-6)27-16-24(2,3)18-10-12-20(29-5)22(14-18)31-7;/h9-14H,8,15-16H2,1-7H3,(H2,25,26,27);1H. The molecular formula is C24H36IN3O4. The van der Waals surface area contributed by atoms with E-state index in [1.165, 1.54) is 0 Å². The lowest BCUT2D eigenvalue weighted by atomic mass is 9.84. The van der Waals surface area contributed by atoms with Crippen molar-refractivity contribution in [2.75, 3.05) is 41.5 Å². The molecule has 0 atom stereocenters. The van der Waals surface area contributed by atoms with E-state index in [1.807, 2.05) is 37.3 Å². The Morgan fingerprint density at radius 2 is 1.38 bits per heavy atom. The quantitative estimate of drug-likeness (QED) is 0.257. The lowest BCUT2D eigenvalue weighted by Crippen LogP contribution is -2.43. The van der Waals surface area contributed by atoms with E-state index < -0.39 is 0 Å². The molecular weight excluding hydrogens is 521 g/mol. The number of nitrogens with one attached hydrogen (secondary N) is 2. The molecule has 0 saturated heterocycles. The number of ether oxygens (including phenoxy) is 4. The topological polar surface area (TPSA) is 73.3 Å². The molecule has 2 rings (SSSR count). The minimum absolute atomic E-state index is 0. The highest BCUT2D eigenvalue weighted by Crippen LogP contribution is 2.33. The molecule has 32 heavy (non-hydrogen) atoms. The molecule has 2 N–H and O–H groups in total. The molecule has 0 spiro atoms. The van der Waals surface area contributed by atoms with Crippen LogP contribution in [0.2, 0.25) is 0 Å². The van der Waals surface area contributed by atoms with Crippen LogP contribution in [-0.2, 0) is 12.0 Å². The molecule has 0 aliphatic carbocycles. The molecule has 0 aliphatic rings. The van der Waals surface area contributed by atoms with E-state index in [0.29, 0.717) is 24.6 Å². The zero-order chi connectivity index (χ0) is 22.9. The molecule has 0 heterocycles. The van der Waals surface area contributed by atoms with E-state index in [-0.39, 0.29) is 29.4 Å². The Hall–Kier alpha value is -2.36. The monoisotopic (exact) mass is 557 g/mol. The highest BCUT2D eigenvalue weighted by Gasteiger charge is 2.22. The summed E-state index contributed by atoms with van der Waals surface area (Å²) in [5.74, 6) is 3.60. The molecule has 0 bridgehead atoms. The summed E-state index contributed by atoms with van der Waals surface area (Å²) in [6, 6.07) is 11.9. The van der Waals surface area contributed by atoms with Gasteiger partial charge in [-0.05, 0) is 42.3 Å². The van der Waals surface area contributed by atoms with Gasteiger partial charge in [0, 0.05) is 18.5 Å². The zero-order valence-corrected chi connectivity index (χ0v) is 22.4.